The van der Waals surface area contributed by atoms with Crippen LogP contribution in [-0.4, -0.2) is 24.4 Å². The zero-order valence-electron chi connectivity index (χ0n) is 9.25. The molecule has 1 heterocycles. The van der Waals surface area contributed by atoms with E-state index in [0.29, 0.717) is 6.54 Å². The Labute approximate surface area is 98.2 Å². The smallest absolute Gasteiger partial charge is 0.262 e. The maximum absolute atomic E-state index is 12.9. The van der Waals surface area contributed by atoms with Gasteiger partial charge >= 0.3 is 0 Å². The van der Waals surface area contributed by atoms with Crippen molar-refractivity contribution in [2.75, 3.05) is 6.54 Å². The molecule has 1 aliphatic heterocycles. The van der Waals surface area contributed by atoms with Crippen LogP contribution in [0.2, 0.25) is 0 Å². The summed E-state index contributed by atoms with van der Waals surface area (Å²) in [6.45, 7) is -0.0557. The van der Waals surface area contributed by atoms with Crippen molar-refractivity contribution in [3.63, 3.8) is 0 Å². The van der Waals surface area contributed by atoms with Gasteiger partial charge in [0, 0.05) is 13.0 Å². The monoisotopic (exact) mass is 240 g/mol. The van der Waals surface area contributed by atoms with Gasteiger partial charge in [-0.25, -0.2) is 8.78 Å². The summed E-state index contributed by atoms with van der Waals surface area (Å²) < 4.78 is 25.8. The van der Waals surface area contributed by atoms with Crippen molar-refractivity contribution in [2.45, 2.75) is 24.9 Å². The number of nitrogens with one attached hydrogen (secondary N) is 2. The lowest BCUT2D eigenvalue weighted by molar-refractivity contribution is -0.123. The van der Waals surface area contributed by atoms with Gasteiger partial charge in [0.05, 0.1) is 12.6 Å². The first-order valence-electron chi connectivity index (χ1n) is 5.50. The summed E-state index contributed by atoms with van der Waals surface area (Å²) in [4.78, 5) is 11.6. The molecule has 5 heteroatoms. The number of carbonyl (C=O) groups excluding carboxylic acids is 1. The molecule has 3 nitrogen and oxygen atoms in total. The molecule has 1 atom stereocenters. The number of alkyl halides is 2. The molecule has 1 aliphatic rings. The number of rotatable bonds is 3. The van der Waals surface area contributed by atoms with Gasteiger partial charge < -0.3 is 5.32 Å². The summed E-state index contributed by atoms with van der Waals surface area (Å²) in [7, 11) is 0. The molecule has 2 N–H and O–H groups in total. The van der Waals surface area contributed by atoms with E-state index < -0.39 is 24.9 Å². The minimum atomic E-state index is -2.77. The van der Waals surface area contributed by atoms with Crippen molar-refractivity contribution in [1.82, 2.24) is 10.6 Å². The fraction of sp³-hybridized carbons (Fsp3) is 0.417. The molecule has 0 bridgehead atoms. The molecule has 0 aliphatic carbocycles. The zero-order valence-corrected chi connectivity index (χ0v) is 9.25. The molecule has 1 unspecified atom stereocenters. The lowest BCUT2D eigenvalue weighted by Crippen LogP contribution is -2.39. The van der Waals surface area contributed by atoms with Crippen molar-refractivity contribution in [3.05, 3.63) is 35.9 Å². The van der Waals surface area contributed by atoms with Crippen LogP contribution < -0.4 is 10.6 Å². The maximum Gasteiger partial charge on any atom is 0.262 e. The van der Waals surface area contributed by atoms with Crippen LogP contribution in [0, 0.1) is 0 Å². The van der Waals surface area contributed by atoms with Crippen LogP contribution in [-0.2, 0) is 11.3 Å². The van der Waals surface area contributed by atoms with Crippen molar-refractivity contribution < 1.29 is 13.6 Å². The van der Waals surface area contributed by atoms with E-state index in [4.69, 9.17) is 0 Å². The fourth-order valence-corrected chi connectivity index (χ4v) is 1.81. The summed E-state index contributed by atoms with van der Waals surface area (Å²) in [6, 6.07) is 8.57. The number of hydrogen-bond acceptors (Lipinski definition) is 2. The second-order valence-electron chi connectivity index (χ2n) is 4.20. The summed E-state index contributed by atoms with van der Waals surface area (Å²) in [5.74, 6) is -3.14. The molecule has 2 rings (SSSR count). The molecule has 0 radical (unpaired) electrons. The van der Waals surface area contributed by atoms with Crippen LogP contribution in [0.15, 0.2) is 30.3 Å². The largest absolute Gasteiger partial charge is 0.351 e. The minimum absolute atomic E-state index is 0.365. The van der Waals surface area contributed by atoms with E-state index in [9.17, 15) is 13.6 Å². The molecule has 0 spiro atoms. The molecule has 17 heavy (non-hydrogen) atoms. The maximum atomic E-state index is 12.9. The Balaban J connectivity index is 1.83. The van der Waals surface area contributed by atoms with Crippen LogP contribution in [0.1, 0.15) is 12.0 Å². The third kappa shape index (κ3) is 3.23. The first-order valence-corrected chi connectivity index (χ1v) is 5.50. The van der Waals surface area contributed by atoms with Crippen LogP contribution >= 0.6 is 0 Å². The Morgan fingerprint density at radius 1 is 1.41 bits per heavy atom. The highest BCUT2D eigenvalue weighted by Gasteiger charge is 2.42. The summed E-state index contributed by atoms with van der Waals surface area (Å²) in [6.07, 6.45) is -0.423. The van der Waals surface area contributed by atoms with Crippen molar-refractivity contribution in [3.8, 4) is 0 Å². The lowest BCUT2D eigenvalue weighted by Gasteiger charge is -2.11. The number of halogens is 2. The van der Waals surface area contributed by atoms with Crippen LogP contribution in [0.3, 0.4) is 0 Å². The minimum Gasteiger partial charge on any atom is -0.351 e. The first-order chi connectivity index (χ1) is 8.07. The molecule has 1 aromatic rings. The molecule has 92 valence electrons. The third-order valence-electron chi connectivity index (χ3n) is 2.74. The van der Waals surface area contributed by atoms with E-state index in [1.807, 2.05) is 30.3 Å². The highest BCUT2D eigenvalue weighted by molar-refractivity contribution is 5.82. The van der Waals surface area contributed by atoms with Gasteiger partial charge in [-0.1, -0.05) is 30.3 Å². The average molecular weight is 240 g/mol. The quantitative estimate of drug-likeness (QED) is 0.836. The Morgan fingerprint density at radius 2 is 2.12 bits per heavy atom. The van der Waals surface area contributed by atoms with E-state index in [-0.39, 0.29) is 5.91 Å². The highest BCUT2D eigenvalue weighted by atomic mass is 19.3. The standard InChI is InChI=1S/C12H14F2N2O/c13-12(14)6-10(16-8-12)11(17)15-7-9-4-2-1-3-5-9/h1-5,10,16H,6-8H2,(H,15,17). The second-order valence-corrected chi connectivity index (χ2v) is 4.20. The number of benzene rings is 1. The highest BCUT2D eigenvalue weighted by Crippen LogP contribution is 2.25. The van der Waals surface area contributed by atoms with Gasteiger partial charge in [0.15, 0.2) is 0 Å². The zero-order chi connectivity index (χ0) is 12.3. The van der Waals surface area contributed by atoms with Gasteiger partial charge in [-0.3, -0.25) is 10.1 Å². The van der Waals surface area contributed by atoms with E-state index in [1.54, 1.807) is 0 Å². The Morgan fingerprint density at radius 3 is 2.71 bits per heavy atom. The molecular weight excluding hydrogens is 226 g/mol. The van der Waals surface area contributed by atoms with E-state index >= 15 is 0 Å². The molecule has 1 amide bonds. The SMILES string of the molecule is O=C(NCc1ccccc1)C1CC(F)(F)CN1. The molecule has 1 saturated heterocycles. The predicted molar refractivity (Wildman–Crippen MR) is 59.6 cm³/mol. The third-order valence-corrected chi connectivity index (χ3v) is 2.74. The van der Waals surface area contributed by atoms with Crippen molar-refractivity contribution >= 4 is 5.91 Å². The van der Waals surface area contributed by atoms with Crippen LogP contribution in [0.4, 0.5) is 8.78 Å². The summed E-state index contributed by atoms with van der Waals surface area (Å²) in [5.41, 5.74) is 0.950. The second kappa shape index (κ2) is 4.79. The van der Waals surface area contributed by atoms with E-state index in [2.05, 4.69) is 10.6 Å². The summed E-state index contributed by atoms with van der Waals surface area (Å²) >= 11 is 0. The average Bonchev–Trinajstić information content (AvgIpc) is 2.68. The molecule has 0 aromatic heterocycles. The molecule has 1 aromatic carbocycles. The van der Waals surface area contributed by atoms with Gasteiger partial charge in [-0.15, -0.1) is 0 Å². The number of amides is 1. The van der Waals surface area contributed by atoms with E-state index in [1.165, 1.54) is 0 Å². The topological polar surface area (TPSA) is 41.1 Å². The number of carbonyl (C=O) groups is 1. The molecule has 0 saturated carbocycles. The van der Waals surface area contributed by atoms with Crippen molar-refractivity contribution in [2.24, 2.45) is 0 Å². The predicted octanol–water partition coefficient (Wildman–Crippen LogP) is 1.30. The van der Waals surface area contributed by atoms with Gasteiger partial charge in [-0.05, 0) is 5.56 Å². The van der Waals surface area contributed by atoms with Gasteiger partial charge in [0.1, 0.15) is 0 Å². The van der Waals surface area contributed by atoms with Crippen LogP contribution in [0.5, 0.6) is 0 Å². The normalized spacial score (nSPS) is 22.4. The summed E-state index contributed by atoms with van der Waals surface area (Å²) in [5, 5.41) is 5.16. The molecular formula is C12H14F2N2O. The lowest BCUT2D eigenvalue weighted by atomic mass is 10.1. The molecule has 1 fully saturated rings. The van der Waals surface area contributed by atoms with Crippen LogP contribution in [0.25, 0.3) is 0 Å². The van der Waals surface area contributed by atoms with Gasteiger partial charge in [-0.2, -0.15) is 0 Å². The Bertz CT molecular complexity index is 395. The van der Waals surface area contributed by atoms with E-state index in [0.717, 1.165) is 5.56 Å². The van der Waals surface area contributed by atoms with Gasteiger partial charge in [0.2, 0.25) is 5.91 Å². The Hall–Kier alpha value is -1.49. The fourth-order valence-electron chi connectivity index (χ4n) is 1.81. The number of hydrogen-bond donors (Lipinski definition) is 2. The first kappa shape index (κ1) is 12.0. The van der Waals surface area contributed by atoms with Gasteiger partial charge in [0.25, 0.3) is 5.92 Å². The van der Waals surface area contributed by atoms with Crippen molar-refractivity contribution in [1.29, 1.82) is 0 Å². The Kier molecular flexibility index (Phi) is 3.38.